The third-order valence-corrected chi connectivity index (χ3v) is 8.55. The summed E-state index contributed by atoms with van der Waals surface area (Å²) < 4.78 is 54.2. The van der Waals surface area contributed by atoms with E-state index in [0.29, 0.717) is 33.5 Å². The maximum absolute atomic E-state index is 13.2. The number of anilines is 1. The van der Waals surface area contributed by atoms with Gasteiger partial charge in [-0.1, -0.05) is 13.5 Å². The van der Waals surface area contributed by atoms with E-state index in [1.165, 1.54) is 17.5 Å². The number of halogens is 3. The standard InChI is InChI=1S/C23H25F3N4OS2/c1-6-33(31)21(20-12(2)17(11-32-20)28-14(4)15-7-8-15)13(3)22-29-16-9-19(23(24,25)26)27-10-18(16)30(22)5/h9-11,15,28H,4,6-8H2,1-3,5H3/b21-13-. The number of fused-ring (bicyclic) bond motifs is 1. The molecule has 1 aliphatic carbocycles. The summed E-state index contributed by atoms with van der Waals surface area (Å²) in [4.78, 5) is 9.55. The Balaban J connectivity index is 1.82. The Bertz CT molecular complexity index is 1300. The quantitative estimate of drug-likeness (QED) is 0.416. The van der Waals surface area contributed by atoms with Crippen molar-refractivity contribution < 1.29 is 17.4 Å². The zero-order valence-corrected chi connectivity index (χ0v) is 20.5. The van der Waals surface area contributed by atoms with Gasteiger partial charge in [0.05, 0.1) is 38.6 Å². The van der Waals surface area contributed by atoms with Gasteiger partial charge in [-0.2, -0.15) is 13.2 Å². The van der Waals surface area contributed by atoms with Gasteiger partial charge in [0, 0.05) is 34.3 Å². The van der Waals surface area contributed by atoms with Crippen LogP contribution in [0.25, 0.3) is 21.5 Å². The second-order valence-corrected chi connectivity index (χ2v) is 10.7. The predicted molar refractivity (Wildman–Crippen MR) is 129 cm³/mol. The molecule has 33 heavy (non-hydrogen) atoms. The summed E-state index contributed by atoms with van der Waals surface area (Å²) in [6.07, 6.45) is -1.08. The smallest absolute Gasteiger partial charge is 0.358 e. The Kier molecular flexibility index (Phi) is 6.26. The van der Waals surface area contributed by atoms with Crippen LogP contribution in [0.3, 0.4) is 0 Å². The summed E-state index contributed by atoms with van der Waals surface area (Å²) in [5.41, 5.74) is 3.25. The van der Waals surface area contributed by atoms with E-state index < -0.39 is 22.7 Å². The molecule has 1 atom stereocenters. The number of hydrogen-bond donors (Lipinski definition) is 1. The average Bonchev–Trinajstić information content (AvgIpc) is 3.50. The van der Waals surface area contributed by atoms with E-state index in [4.69, 9.17) is 0 Å². The van der Waals surface area contributed by atoms with Crippen molar-refractivity contribution in [3.05, 3.63) is 51.9 Å². The second kappa shape index (κ2) is 8.72. The van der Waals surface area contributed by atoms with E-state index in [-0.39, 0.29) is 5.52 Å². The first-order valence-electron chi connectivity index (χ1n) is 10.6. The van der Waals surface area contributed by atoms with E-state index in [0.717, 1.165) is 40.7 Å². The van der Waals surface area contributed by atoms with E-state index >= 15 is 0 Å². The van der Waals surface area contributed by atoms with Crippen LogP contribution in [0.5, 0.6) is 0 Å². The van der Waals surface area contributed by atoms with Gasteiger partial charge in [-0.05, 0) is 44.2 Å². The second-order valence-electron chi connectivity index (χ2n) is 8.17. The molecule has 1 saturated carbocycles. The van der Waals surface area contributed by atoms with Crippen LogP contribution in [-0.2, 0) is 24.0 Å². The Morgan fingerprint density at radius 1 is 1.39 bits per heavy atom. The fourth-order valence-corrected chi connectivity index (χ4v) is 6.26. The molecule has 176 valence electrons. The van der Waals surface area contributed by atoms with Gasteiger partial charge in [0.1, 0.15) is 11.5 Å². The number of alkyl halides is 3. The normalized spacial score (nSPS) is 16.1. The van der Waals surface area contributed by atoms with E-state index in [2.05, 4.69) is 21.9 Å². The number of nitrogens with zero attached hydrogens (tertiary/aromatic N) is 3. The number of rotatable bonds is 7. The molecule has 0 amide bonds. The van der Waals surface area contributed by atoms with E-state index in [1.54, 1.807) is 11.6 Å². The highest BCUT2D eigenvalue weighted by Gasteiger charge is 2.33. The van der Waals surface area contributed by atoms with Crippen LogP contribution in [0.15, 0.2) is 29.9 Å². The van der Waals surface area contributed by atoms with Crippen LogP contribution in [0.4, 0.5) is 18.9 Å². The van der Waals surface area contributed by atoms with Gasteiger partial charge in [-0.3, -0.25) is 4.21 Å². The molecule has 4 rings (SSSR count). The summed E-state index contributed by atoms with van der Waals surface area (Å²) in [6.45, 7) is 9.76. The monoisotopic (exact) mass is 494 g/mol. The molecule has 1 fully saturated rings. The molecule has 10 heteroatoms. The van der Waals surface area contributed by atoms with E-state index in [9.17, 15) is 17.4 Å². The fraction of sp³-hybridized carbons (Fsp3) is 0.391. The van der Waals surface area contributed by atoms with Crippen LogP contribution in [0, 0.1) is 12.8 Å². The summed E-state index contributed by atoms with van der Waals surface area (Å²) >= 11 is 1.49. The minimum Gasteiger partial charge on any atom is -0.358 e. The van der Waals surface area contributed by atoms with Crippen LogP contribution in [-0.4, -0.2) is 24.5 Å². The zero-order chi connectivity index (χ0) is 24.1. The van der Waals surface area contributed by atoms with Crippen molar-refractivity contribution in [3.8, 4) is 0 Å². The lowest BCUT2D eigenvalue weighted by atomic mass is 10.1. The largest absolute Gasteiger partial charge is 0.433 e. The summed E-state index contributed by atoms with van der Waals surface area (Å²) in [7, 11) is 0.416. The lowest BCUT2D eigenvalue weighted by Gasteiger charge is -2.13. The van der Waals surface area contributed by atoms with Gasteiger partial charge >= 0.3 is 6.18 Å². The van der Waals surface area contributed by atoms with Crippen molar-refractivity contribution in [2.45, 2.75) is 39.8 Å². The van der Waals surface area contributed by atoms with Gasteiger partial charge in [0.15, 0.2) is 0 Å². The number of hydrogen-bond acceptors (Lipinski definition) is 5. The summed E-state index contributed by atoms with van der Waals surface area (Å²) in [5.74, 6) is 1.38. The first-order chi connectivity index (χ1) is 15.5. The Hall–Kier alpha value is -2.46. The summed E-state index contributed by atoms with van der Waals surface area (Å²) in [5, 5.41) is 5.39. The van der Waals surface area contributed by atoms with Gasteiger partial charge in [-0.25, -0.2) is 9.97 Å². The molecule has 0 aliphatic heterocycles. The fourth-order valence-electron chi connectivity index (χ4n) is 3.74. The molecule has 0 radical (unpaired) electrons. The molecule has 0 aromatic carbocycles. The van der Waals surface area contributed by atoms with Crippen LogP contribution in [0.1, 0.15) is 48.6 Å². The van der Waals surface area contributed by atoms with Crippen molar-refractivity contribution in [1.29, 1.82) is 0 Å². The average molecular weight is 495 g/mol. The van der Waals surface area contributed by atoms with Crippen LogP contribution >= 0.6 is 11.3 Å². The first-order valence-corrected chi connectivity index (χ1v) is 12.8. The van der Waals surface area contributed by atoms with Crippen molar-refractivity contribution >= 4 is 49.3 Å². The van der Waals surface area contributed by atoms with Crippen LogP contribution < -0.4 is 5.32 Å². The molecular formula is C23H25F3N4OS2. The number of imidazole rings is 1. The SMILES string of the molecule is C=C(Nc1csc(/C(=C(\C)c2nc3cc(C(F)(F)F)ncc3n2C)S(=O)CC)c1C)C1CC1. The van der Waals surface area contributed by atoms with Crippen LogP contribution in [0.2, 0.25) is 0 Å². The van der Waals surface area contributed by atoms with Crippen molar-refractivity contribution in [2.24, 2.45) is 13.0 Å². The van der Waals surface area contributed by atoms with Crippen molar-refractivity contribution in [1.82, 2.24) is 14.5 Å². The maximum Gasteiger partial charge on any atom is 0.433 e. The predicted octanol–water partition coefficient (Wildman–Crippen LogP) is 6.35. The zero-order valence-electron chi connectivity index (χ0n) is 18.8. The molecule has 0 spiro atoms. The van der Waals surface area contributed by atoms with Crippen molar-refractivity contribution in [3.63, 3.8) is 0 Å². The third kappa shape index (κ3) is 4.50. The van der Waals surface area contributed by atoms with Gasteiger partial charge in [0.2, 0.25) is 0 Å². The number of allylic oxidation sites excluding steroid dienone is 2. The molecule has 3 heterocycles. The topological polar surface area (TPSA) is 59.8 Å². The Morgan fingerprint density at radius 2 is 2.09 bits per heavy atom. The maximum atomic E-state index is 13.2. The molecule has 5 nitrogen and oxygen atoms in total. The number of nitrogens with one attached hydrogen (secondary N) is 1. The lowest BCUT2D eigenvalue weighted by molar-refractivity contribution is -0.141. The highest BCUT2D eigenvalue weighted by atomic mass is 32.2. The first kappa shape index (κ1) is 23.7. The van der Waals surface area contributed by atoms with Crippen molar-refractivity contribution in [2.75, 3.05) is 11.1 Å². The van der Waals surface area contributed by atoms with Gasteiger partial charge in [-0.15, -0.1) is 11.3 Å². The molecule has 1 aliphatic rings. The molecule has 3 aromatic heterocycles. The number of aromatic nitrogens is 3. The Morgan fingerprint density at radius 3 is 2.70 bits per heavy atom. The molecule has 0 bridgehead atoms. The highest BCUT2D eigenvalue weighted by Crippen LogP contribution is 2.41. The molecule has 3 aromatic rings. The molecule has 0 saturated heterocycles. The van der Waals surface area contributed by atoms with Gasteiger partial charge < -0.3 is 9.88 Å². The highest BCUT2D eigenvalue weighted by molar-refractivity contribution is 7.95. The molecule has 1 N–H and O–H groups in total. The number of thiophene rings is 1. The lowest BCUT2D eigenvalue weighted by Crippen LogP contribution is -2.07. The molecule has 1 unspecified atom stereocenters. The minimum atomic E-state index is -4.55. The summed E-state index contributed by atoms with van der Waals surface area (Å²) in [6, 6.07) is 0.949. The molecular weight excluding hydrogens is 469 g/mol. The number of pyridine rings is 1. The van der Waals surface area contributed by atoms with Gasteiger partial charge in [0.25, 0.3) is 0 Å². The van der Waals surface area contributed by atoms with E-state index in [1.807, 2.05) is 26.2 Å². The third-order valence-electron chi connectivity index (χ3n) is 5.83. The Labute approximate surface area is 196 Å². The number of aryl methyl sites for hydroxylation is 1. The minimum absolute atomic E-state index is 0.196.